The Labute approximate surface area is 122 Å². The molecule has 1 unspecified atom stereocenters. The molecule has 3 nitrogen and oxygen atoms in total. The highest BCUT2D eigenvalue weighted by Crippen LogP contribution is 2.16. The van der Waals surface area contributed by atoms with E-state index in [-0.39, 0.29) is 6.61 Å². The molecular weight excluding hydrogens is 276 g/mol. The third kappa shape index (κ3) is 4.28. The molecule has 0 saturated carbocycles. The summed E-state index contributed by atoms with van der Waals surface area (Å²) in [6.07, 6.45) is 0.856. The first-order valence-electron chi connectivity index (χ1n) is 6.27. The van der Waals surface area contributed by atoms with Crippen molar-refractivity contribution >= 4 is 17.6 Å². The summed E-state index contributed by atoms with van der Waals surface area (Å²) < 4.78 is 5.32. The van der Waals surface area contributed by atoms with E-state index in [1.807, 2.05) is 42.5 Å². The van der Waals surface area contributed by atoms with Crippen molar-refractivity contribution < 1.29 is 14.6 Å². The summed E-state index contributed by atoms with van der Waals surface area (Å²) in [5.74, 6) is -0.457. The standard InChI is InChI=1S/C16H15ClO3/c17-15(16(18)19)11-20-14-8-6-13(7-9-14)10-12-4-2-1-3-5-12/h1-9,15H,10-11H2,(H,18,19). The smallest absolute Gasteiger partial charge is 0.325 e. The molecule has 20 heavy (non-hydrogen) atoms. The van der Waals surface area contributed by atoms with Gasteiger partial charge in [-0.1, -0.05) is 42.5 Å². The van der Waals surface area contributed by atoms with Gasteiger partial charge in [0.2, 0.25) is 0 Å². The van der Waals surface area contributed by atoms with Crippen molar-refractivity contribution in [3.05, 3.63) is 65.7 Å². The van der Waals surface area contributed by atoms with E-state index in [0.717, 1.165) is 6.42 Å². The lowest BCUT2D eigenvalue weighted by atomic mass is 10.1. The second-order valence-electron chi connectivity index (χ2n) is 4.42. The topological polar surface area (TPSA) is 46.5 Å². The highest BCUT2D eigenvalue weighted by molar-refractivity contribution is 6.29. The van der Waals surface area contributed by atoms with Gasteiger partial charge in [0, 0.05) is 0 Å². The molecule has 0 spiro atoms. The lowest BCUT2D eigenvalue weighted by molar-refractivity contribution is -0.137. The maximum absolute atomic E-state index is 10.6. The molecule has 2 aromatic carbocycles. The lowest BCUT2D eigenvalue weighted by Gasteiger charge is -2.09. The van der Waals surface area contributed by atoms with Gasteiger partial charge in [-0.05, 0) is 29.7 Å². The fourth-order valence-electron chi connectivity index (χ4n) is 1.78. The van der Waals surface area contributed by atoms with Crippen LogP contribution < -0.4 is 4.74 Å². The number of carboxylic acid groups (broad SMARTS) is 1. The molecule has 0 amide bonds. The summed E-state index contributed by atoms with van der Waals surface area (Å²) >= 11 is 5.58. The fourth-order valence-corrected chi connectivity index (χ4v) is 1.84. The van der Waals surface area contributed by atoms with E-state index in [4.69, 9.17) is 21.4 Å². The number of carbonyl (C=O) groups is 1. The third-order valence-electron chi connectivity index (χ3n) is 2.84. The highest BCUT2D eigenvalue weighted by atomic mass is 35.5. The first-order chi connectivity index (χ1) is 9.65. The van der Waals surface area contributed by atoms with E-state index in [1.165, 1.54) is 11.1 Å². The molecule has 0 fully saturated rings. The van der Waals surface area contributed by atoms with Gasteiger partial charge in [-0.3, -0.25) is 4.79 Å². The van der Waals surface area contributed by atoms with Crippen molar-refractivity contribution in [2.24, 2.45) is 0 Å². The quantitative estimate of drug-likeness (QED) is 0.830. The zero-order chi connectivity index (χ0) is 14.4. The maximum atomic E-state index is 10.6. The average Bonchev–Trinajstić information content (AvgIpc) is 2.47. The third-order valence-corrected chi connectivity index (χ3v) is 3.15. The molecule has 2 rings (SSSR count). The first kappa shape index (κ1) is 14.4. The molecule has 0 heterocycles. The van der Waals surface area contributed by atoms with Crippen molar-refractivity contribution in [3.8, 4) is 5.75 Å². The van der Waals surface area contributed by atoms with Gasteiger partial charge in [0.25, 0.3) is 0 Å². The van der Waals surface area contributed by atoms with Gasteiger partial charge in [0.15, 0.2) is 5.38 Å². The van der Waals surface area contributed by atoms with Gasteiger partial charge < -0.3 is 9.84 Å². The fraction of sp³-hybridized carbons (Fsp3) is 0.188. The van der Waals surface area contributed by atoms with Crippen LogP contribution in [0.15, 0.2) is 54.6 Å². The summed E-state index contributed by atoms with van der Waals surface area (Å²) in [4.78, 5) is 10.6. The van der Waals surface area contributed by atoms with Crippen molar-refractivity contribution in [1.82, 2.24) is 0 Å². The van der Waals surface area contributed by atoms with Gasteiger partial charge in [-0.25, -0.2) is 0 Å². The number of hydrogen-bond donors (Lipinski definition) is 1. The van der Waals surface area contributed by atoms with E-state index in [1.54, 1.807) is 0 Å². The Bertz CT molecular complexity index is 552. The molecule has 0 saturated heterocycles. The number of halogens is 1. The van der Waals surface area contributed by atoms with Crippen LogP contribution in [0.1, 0.15) is 11.1 Å². The van der Waals surface area contributed by atoms with Crippen LogP contribution in [-0.4, -0.2) is 23.1 Å². The number of ether oxygens (including phenoxy) is 1. The Morgan fingerprint density at radius 1 is 1.05 bits per heavy atom. The monoisotopic (exact) mass is 290 g/mol. The molecule has 1 atom stereocenters. The Morgan fingerprint density at radius 3 is 2.25 bits per heavy atom. The molecule has 0 radical (unpaired) electrons. The predicted octanol–water partition coefficient (Wildman–Crippen LogP) is 3.35. The van der Waals surface area contributed by atoms with Gasteiger partial charge in [-0.2, -0.15) is 0 Å². The second-order valence-corrected chi connectivity index (χ2v) is 4.95. The van der Waals surface area contributed by atoms with Gasteiger partial charge in [0.05, 0.1) is 0 Å². The molecule has 0 bridgehead atoms. The van der Waals surface area contributed by atoms with Crippen LogP contribution in [-0.2, 0) is 11.2 Å². The van der Waals surface area contributed by atoms with Crippen LogP contribution in [0.4, 0.5) is 0 Å². The molecule has 2 aromatic rings. The summed E-state index contributed by atoms with van der Waals surface area (Å²) in [5.41, 5.74) is 2.41. The number of aliphatic carboxylic acids is 1. The molecule has 4 heteroatoms. The summed E-state index contributed by atoms with van der Waals surface area (Å²) in [6, 6.07) is 17.8. The molecule has 0 aromatic heterocycles. The van der Waals surface area contributed by atoms with Crippen LogP contribution in [0.5, 0.6) is 5.75 Å². The Hall–Kier alpha value is -2.00. The zero-order valence-corrected chi connectivity index (χ0v) is 11.6. The Morgan fingerprint density at radius 2 is 1.65 bits per heavy atom. The predicted molar refractivity (Wildman–Crippen MR) is 78.5 cm³/mol. The van der Waals surface area contributed by atoms with E-state index in [9.17, 15) is 4.79 Å². The first-order valence-corrected chi connectivity index (χ1v) is 6.71. The van der Waals surface area contributed by atoms with Crippen LogP contribution in [0.25, 0.3) is 0 Å². The van der Waals surface area contributed by atoms with Crippen molar-refractivity contribution in [3.63, 3.8) is 0 Å². The molecule has 1 N–H and O–H groups in total. The van der Waals surface area contributed by atoms with Crippen LogP contribution in [0.2, 0.25) is 0 Å². The number of alkyl halides is 1. The largest absolute Gasteiger partial charge is 0.491 e. The molecule has 104 valence electrons. The maximum Gasteiger partial charge on any atom is 0.325 e. The van der Waals surface area contributed by atoms with E-state index in [0.29, 0.717) is 5.75 Å². The van der Waals surface area contributed by atoms with Crippen LogP contribution in [0.3, 0.4) is 0 Å². The van der Waals surface area contributed by atoms with E-state index < -0.39 is 11.3 Å². The number of carboxylic acids is 1. The second kappa shape index (κ2) is 6.96. The molecule has 0 aliphatic rings. The minimum Gasteiger partial charge on any atom is -0.491 e. The van der Waals surface area contributed by atoms with Crippen LogP contribution in [0, 0.1) is 0 Å². The number of rotatable bonds is 6. The summed E-state index contributed by atoms with van der Waals surface area (Å²) in [7, 11) is 0. The van der Waals surface area contributed by atoms with Crippen molar-refractivity contribution in [2.75, 3.05) is 6.61 Å². The molecular formula is C16H15ClO3. The lowest BCUT2D eigenvalue weighted by Crippen LogP contribution is -2.21. The molecule has 0 aliphatic heterocycles. The normalized spacial score (nSPS) is 11.8. The van der Waals surface area contributed by atoms with Gasteiger partial charge in [0.1, 0.15) is 12.4 Å². The average molecular weight is 291 g/mol. The minimum atomic E-state index is -1.08. The number of hydrogen-bond acceptors (Lipinski definition) is 2. The summed E-state index contributed by atoms with van der Waals surface area (Å²) in [5, 5.41) is 7.63. The van der Waals surface area contributed by atoms with Crippen molar-refractivity contribution in [2.45, 2.75) is 11.8 Å². The van der Waals surface area contributed by atoms with Crippen LogP contribution >= 0.6 is 11.6 Å². The Balaban J connectivity index is 1.91. The van der Waals surface area contributed by atoms with E-state index in [2.05, 4.69) is 12.1 Å². The minimum absolute atomic E-state index is 0.0467. The number of benzene rings is 2. The molecule has 0 aliphatic carbocycles. The van der Waals surface area contributed by atoms with Gasteiger partial charge in [-0.15, -0.1) is 11.6 Å². The highest BCUT2D eigenvalue weighted by Gasteiger charge is 2.13. The van der Waals surface area contributed by atoms with Crippen molar-refractivity contribution in [1.29, 1.82) is 0 Å². The zero-order valence-electron chi connectivity index (χ0n) is 10.8. The van der Waals surface area contributed by atoms with Gasteiger partial charge >= 0.3 is 5.97 Å². The Kier molecular flexibility index (Phi) is 5.02. The van der Waals surface area contributed by atoms with E-state index >= 15 is 0 Å². The SMILES string of the molecule is O=C(O)C(Cl)COc1ccc(Cc2ccccc2)cc1. The summed E-state index contributed by atoms with van der Waals surface area (Å²) in [6.45, 7) is -0.0467.